The second kappa shape index (κ2) is 12.1. The number of pyridine rings is 1. The summed E-state index contributed by atoms with van der Waals surface area (Å²) in [5, 5.41) is 3.24. The number of ether oxygens (including phenoxy) is 2. The summed E-state index contributed by atoms with van der Waals surface area (Å²) in [5.74, 6) is -1.06. The van der Waals surface area contributed by atoms with Crippen LogP contribution in [0.15, 0.2) is 77.7 Å². The van der Waals surface area contributed by atoms with Gasteiger partial charge < -0.3 is 14.8 Å². The van der Waals surface area contributed by atoms with Crippen molar-refractivity contribution >= 4 is 38.5 Å². The summed E-state index contributed by atoms with van der Waals surface area (Å²) < 4.78 is 38.9. The number of aryl methyl sites for hydroxylation is 1. The van der Waals surface area contributed by atoms with Crippen molar-refractivity contribution < 1.29 is 27.5 Å². The van der Waals surface area contributed by atoms with Gasteiger partial charge in [-0.15, -0.1) is 0 Å². The number of nitrogens with zero attached hydrogens (tertiary/aromatic N) is 2. The van der Waals surface area contributed by atoms with E-state index in [1.807, 2.05) is 43.3 Å². The number of carbonyl (C=O) groups excluding carboxylic acids is 2. The average molecular weight is 574 g/mol. The molecule has 1 amide bonds. The van der Waals surface area contributed by atoms with Crippen LogP contribution in [0.4, 0.5) is 5.69 Å². The highest BCUT2D eigenvalue weighted by atomic mass is 32.2. The Kier molecular flexibility index (Phi) is 8.32. The zero-order valence-electron chi connectivity index (χ0n) is 22.9. The molecule has 3 aromatic carbocycles. The largest absolute Gasteiger partial charge is 0.492 e. The number of amides is 1. The lowest BCUT2D eigenvalue weighted by atomic mass is 10.0. The van der Waals surface area contributed by atoms with Crippen LogP contribution in [0, 0.1) is 6.92 Å². The lowest BCUT2D eigenvalue weighted by molar-refractivity contribution is -0.119. The van der Waals surface area contributed by atoms with Gasteiger partial charge >= 0.3 is 5.97 Å². The van der Waals surface area contributed by atoms with E-state index in [1.165, 1.54) is 16.4 Å². The maximum absolute atomic E-state index is 13.3. The Labute approximate surface area is 239 Å². The third-order valence-corrected chi connectivity index (χ3v) is 8.75. The SMILES string of the molecule is CCOc1ccc(NC(=O)COC(=O)c2cc(-c3ccc(C)cc3)nc3ccccc23)cc1S(=O)(=O)N1CCCC1. The van der Waals surface area contributed by atoms with Crippen molar-refractivity contribution in [3.63, 3.8) is 0 Å². The molecule has 1 aliphatic rings. The molecular weight excluding hydrogens is 542 g/mol. The fourth-order valence-corrected chi connectivity index (χ4v) is 6.43. The molecule has 5 rings (SSSR count). The van der Waals surface area contributed by atoms with Crippen LogP contribution < -0.4 is 10.1 Å². The number of nitrogens with one attached hydrogen (secondary N) is 1. The van der Waals surface area contributed by atoms with Gasteiger partial charge in [0.15, 0.2) is 6.61 Å². The van der Waals surface area contributed by atoms with Crippen LogP contribution in [-0.4, -0.2) is 55.9 Å². The third-order valence-electron chi connectivity index (χ3n) is 6.83. The zero-order valence-corrected chi connectivity index (χ0v) is 23.7. The molecule has 0 saturated carbocycles. The molecule has 0 aliphatic carbocycles. The van der Waals surface area contributed by atoms with Gasteiger partial charge in [-0.1, -0.05) is 48.0 Å². The van der Waals surface area contributed by atoms with E-state index in [4.69, 9.17) is 14.5 Å². The summed E-state index contributed by atoms with van der Waals surface area (Å²) >= 11 is 0. The van der Waals surface area contributed by atoms with Gasteiger partial charge in [0.25, 0.3) is 5.91 Å². The minimum Gasteiger partial charge on any atom is -0.492 e. The monoisotopic (exact) mass is 573 g/mol. The number of benzene rings is 3. The lowest BCUT2D eigenvalue weighted by Gasteiger charge is -2.19. The molecule has 1 aliphatic heterocycles. The summed E-state index contributed by atoms with van der Waals surface area (Å²) in [6, 6.07) is 21.2. The van der Waals surface area contributed by atoms with Crippen LogP contribution >= 0.6 is 0 Å². The first-order valence-corrected chi connectivity index (χ1v) is 14.9. The smallest absolute Gasteiger partial charge is 0.339 e. The van der Waals surface area contributed by atoms with Gasteiger partial charge in [0.05, 0.1) is 23.4 Å². The van der Waals surface area contributed by atoms with Crippen LogP contribution in [0.5, 0.6) is 5.75 Å². The molecule has 1 aromatic heterocycles. The molecule has 0 bridgehead atoms. The zero-order chi connectivity index (χ0) is 29.0. The van der Waals surface area contributed by atoms with E-state index in [2.05, 4.69) is 5.32 Å². The maximum Gasteiger partial charge on any atom is 0.339 e. The summed E-state index contributed by atoms with van der Waals surface area (Å²) in [6.45, 7) is 4.37. The van der Waals surface area contributed by atoms with E-state index < -0.39 is 28.5 Å². The van der Waals surface area contributed by atoms with Gasteiger partial charge in [-0.2, -0.15) is 4.31 Å². The summed E-state index contributed by atoms with van der Waals surface area (Å²) in [7, 11) is -3.80. The molecule has 2 heterocycles. The Morgan fingerprint density at radius 3 is 2.44 bits per heavy atom. The molecule has 1 fully saturated rings. The fourth-order valence-electron chi connectivity index (χ4n) is 4.75. The van der Waals surface area contributed by atoms with Crippen molar-refractivity contribution in [1.29, 1.82) is 0 Å². The van der Waals surface area contributed by atoms with E-state index >= 15 is 0 Å². The predicted molar refractivity (Wildman–Crippen MR) is 156 cm³/mol. The highest BCUT2D eigenvalue weighted by Crippen LogP contribution is 2.32. The van der Waals surface area contributed by atoms with Crippen molar-refractivity contribution in [3.05, 3.63) is 83.9 Å². The summed E-state index contributed by atoms with van der Waals surface area (Å²) in [5.41, 5.74) is 3.74. The van der Waals surface area contributed by atoms with Crippen molar-refractivity contribution in [3.8, 4) is 17.0 Å². The number of sulfonamides is 1. The normalized spacial score (nSPS) is 13.7. The fraction of sp³-hybridized carbons (Fsp3) is 0.258. The number of aromatic nitrogens is 1. The number of esters is 1. The Hall–Kier alpha value is -4.28. The number of rotatable bonds is 9. The minimum atomic E-state index is -3.80. The first kappa shape index (κ1) is 28.3. The average Bonchev–Trinajstić information content (AvgIpc) is 3.53. The molecule has 1 N–H and O–H groups in total. The van der Waals surface area contributed by atoms with Gasteiger partial charge in [-0.3, -0.25) is 4.79 Å². The van der Waals surface area contributed by atoms with E-state index in [-0.39, 0.29) is 16.3 Å². The van der Waals surface area contributed by atoms with Crippen LogP contribution in [0.3, 0.4) is 0 Å². The molecule has 0 radical (unpaired) electrons. The predicted octanol–water partition coefficient (Wildman–Crippen LogP) is 5.19. The van der Waals surface area contributed by atoms with Gasteiger partial charge in [0, 0.05) is 29.7 Å². The van der Waals surface area contributed by atoms with E-state index in [0.29, 0.717) is 41.9 Å². The summed E-state index contributed by atoms with van der Waals surface area (Å²) in [4.78, 5) is 30.6. The van der Waals surface area contributed by atoms with E-state index in [0.717, 1.165) is 24.0 Å². The molecular formula is C31H31N3O6S. The molecule has 0 spiro atoms. The molecule has 41 heavy (non-hydrogen) atoms. The van der Waals surface area contributed by atoms with Crippen molar-refractivity contribution in [2.75, 3.05) is 31.6 Å². The van der Waals surface area contributed by atoms with E-state index in [9.17, 15) is 18.0 Å². The molecule has 212 valence electrons. The lowest BCUT2D eigenvalue weighted by Crippen LogP contribution is -2.28. The van der Waals surface area contributed by atoms with Gasteiger partial charge in [0.2, 0.25) is 10.0 Å². The Morgan fingerprint density at radius 1 is 0.976 bits per heavy atom. The highest BCUT2D eigenvalue weighted by Gasteiger charge is 2.30. The van der Waals surface area contributed by atoms with Crippen molar-refractivity contribution in [2.24, 2.45) is 0 Å². The summed E-state index contributed by atoms with van der Waals surface area (Å²) in [6.07, 6.45) is 1.59. The molecule has 1 saturated heterocycles. The van der Waals surface area contributed by atoms with Crippen LogP contribution in [-0.2, 0) is 19.6 Å². The highest BCUT2D eigenvalue weighted by molar-refractivity contribution is 7.89. The topological polar surface area (TPSA) is 115 Å². The first-order valence-electron chi connectivity index (χ1n) is 13.5. The van der Waals surface area contributed by atoms with Gasteiger partial charge in [-0.25, -0.2) is 18.2 Å². The molecule has 10 heteroatoms. The van der Waals surface area contributed by atoms with Crippen molar-refractivity contribution in [2.45, 2.75) is 31.6 Å². The second-order valence-electron chi connectivity index (χ2n) is 9.77. The number of fused-ring (bicyclic) bond motifs is 1. The Morgan fingerprint density at radius 2 is 1.71 bits per heavy atom. The molecule has 9 nitrogen and oxygen atoms in total. The van der Waals surface area contributed by atoms with Crippen LogP contribution in [0.25, 0.3) is 22.2 Å². The minimum absolute atomic E-state index is 0.0112. The molecule has 4 aromatic rings. The molecule has 0 atom stereocenters. The number of anilines is 1. The quantitative estimate of drug-likeness (QED) is 0.274. The van der Waals surface area contributed by atoms with Gasteiger partial charge in [0.1, 0.15) is 10.6 Å². The maximum atomic E-state index is 13.3. The Balaban J connectivity index is 1.33. The number of hydrogen-bond acceptors (Lipinski definition) is 7. The standard InChI is InChI=1S/C31H31N3O6S/c1-3-39-28-15-14-23(18-29(28)41(37,38)34-16-6-7-17-34)32-30(35)20-40-31(36)25-19-27(22-12-10-21(2)11-13-22)33-26-9-5-4-8-24(25)26/h4-5,8-15,18-19H,3,6-7,16-17,20H2,1-2H3,(H,32,35). The second-order valence-corrected chi connectivity index (χ2v) is 11.7. The van der Waals surface area contributed by atoms with Gasteiger partial charge in [-0.05, 0) is 57.0 Å². The van der Waals surface area contributed by atoms with Crippen molar-refractivity contribution in [1.82, 2.24) is 9.29 Å². The third kappa shape index (κ3) is 6.23. The van der Waals surface area contributed by atoms with Crippen LogP contribution in [0.1, 0.15) is 35.7 Å². The number of para-hydroxylation sites is 1. The molecule has 0 unspecified atom stereocenters. The number of carbonyl (C=O) groups is 2. The number of hydrogen-bond donors (Lipinski definition) is 1. The first-order chi connectivity index (χ1) is 19.8. The Bertz CT molecular complexity index is 1700. The van der Waals surface area contributed by atoms with E-state index in [1.54, 1.807) is 31.2 Å². The van der Waals surface area contributed by atoms with Crippen LogP contribution in [0.2, 0.25) is 0 Å².